The van der Waals surface area contributed by atoms with Crippen LogP contribution < -0.4 is 0 Å². The molecule has 2 aliphatic rings. The van der Waals surface area contributed by atoms with Crippen LogP contribution in [0.25, 0.3) is 11.0 Å². The molecule has 1 N–H and O–H groups in total. The number of carboxylic acid groups (broad SMARTS) is 1. The molecule has 0 saturated heterocycles. The summed E-state index contributed by atoms with van der Waals surface area (Å²) in [5.41, 5.74) is 4.21. The maximum atomic E-state index is 12.2. The second-order valence-electron chi connectivity index (χ2n) is 9.14. The van der Waals surface area contributed by atoms with Crippen LogP contribution in [-0.4, -0.2) is 55.1 Å². The molecule has 5 rings (SSSR count). The zero-order chi connectivity index (χ0) is 23.8. The Balaban J connectivity index is 1.52. The van der Waals surface area contributed by atoms with Gasteiger partial charge in [0, 0.05) is 30.8 Å². The SMILES string of the molecule is COC(=O)N1CCc2ccc3c(nc([C@H]4CC[C@@H](C(=O)O)CC4)n3CCn3cc(Cl)cn3)c2C1. The number of carbonyl (C=O) groups excluding carboxylic acids is 1. The molecule has 1 saturated carbocycles. The van der Waals surface area contributed by atoms with Crippen LogP contribution in [0.15, 0.2) is 24.5 Å². The van der Waals surface area contributed by atoms with Gasteiger partial charge in [0.1, 0.15) is 5.82 Å². The van der Waals surface area contributed by atoms with Crippen molar-refractivity contribution in [3.8, 4) is 0 Å². The number of aryl methyl sites for hydroxylation is 2. The van der Waals surface area contributed by atoms with E-state index in [0.717, 1.165) is 41.7 Å². The first-order chi connectivity index (χ1) is 16.4. The number of halogens is 1. The Morgan fingerprint density at radius 1 is 1.21 bits per heavy atom. The molecule has 3 aromatic rings. The second-order valence-corrected chi connectivity index (χ2v) is 9.58. The Hall–Kier alpha value is -3.07. The van der Waals surface area contributed by atoms with Crippen molar-refractivity contribution in [1.82, 2.24) is 24.2 Å². The fourth-order valence-corrected chi connectivity index (χ4v) is 5.49. The molecule has 180 valence electrons. The molecule has 2 aromatic heterocycles. The summed E-state index contributed by atoms with van der Waals surface area (Å²) < 4.78 is 9.01. The summed E-state index contributed by atoms with van der Waals surface area (Å²) in [6.07, 6.45) is 6.77. The van der Waals surface area contributed by atoms with Gasteiger partial charge in [0.15, 0.2) is 0 Å². The van der Waals surface area contributed by atoms with Crippen molar-refractivity contribution in [3.63, 3.8) is 0 Å². The Morgan fingerprint density at radius 2 is 2.00 bits per heavy atom. The molecular weight excluding hydrogens is 458 g/mol. The highest BCUT2D eigenvalue weighted by atomic mass is 35.5. The Morgan fingerprint density at radius 3 is 2.68 bits per heavy atom. The van der Waals surface area contributed by atoms with E-state index in [4.69, 9.17) is 21.3 Å². The van der Waals surface area contributed by atoms with Crippen LogP contribution in [0.3, 0.4) is 0 Å². The number of carboxylic acids is 1. The number of hydrogen-bond acceptors (Lipinski definition) is 5. The van der Waals surface area contributed by atoms with Crippen LogP contribution in [0.1, 0.15) is 48.6 Å². The third kappa shape index (κ3) is 4.24. The van der Waals surface area contributed by atoms with Gasteiger partial charge < -0.3 is 19.3 Å². The van der Waals surface area contributed by atoms with E-state index in [9.17, 15) is 14.7 Å². The van der Waals surface area contributed by atoms with Gasteiger partial charge in [-0.05, 0) is 43.7 Å². The number of imidazole rings is 1. The molecule has 1 aromatic carbocycles. The summed E-state index contributed by atoms with van der Waals surface area (Å²) >= 11 is 6.05. The summed E-state index contributed by atoms with van der Waals surface area (Å²) in [6, 6.07) is 4.26. The lowest BCUT2D eigenvalue weighted by Crippen LogP contribution is -2.35. The van der Waals surface area contributed by atoms with Crippen molar-refractivity contribution < 1.29 is 19.4 Å². The number of fused-ring (bicyclic) bond motifs is 3. The highest BCUT2D eigenvalue weighted by molar-refractivity contribution is 6.30. The Bertz CT molecular complexity index is 1230. The molecule has 0 spiro atoms. The molecule has 3 heterocycles. The van der Waals surface area contributed by atoms with Gasteiger partial charge in [-0.15, -0.1) is 0 Å². The molecule has 0 unspecified atom stereocenters. The van der Waals surface area contributed by atoms with Crippen LogP contribution in [0.4, 0.5) is 4.79 Å². The maximum absolute atomic E-state index is 12.2. The van der Waals surface area contributed by atoms with Crippen molar-refractivity contribution in [2.75, 3.05) is 13.7 Å². The second kappa shape index (κ2) is 9.29. The van der Waals surface area contributed by atoms with Crippen LogP contribution in [0.5, 0.6) is 0 Å². The third-order valence-electron chi connectivity index (χ3n) is 7.18. The molecule has 1 aliphatic heterocycles. The number of benzene rings is 1. The van der Waals surface area contributed by atoms with Crippen LogP contribution in [0, 0.1) is 5.92 Å². The highest BCUT2D eigenvalue weighted by Gasteiger charge is 2.31. The Kier molecular flexibility index (Phi) is 6.20. The highest BCUT2D eigenvalue weighted by Crippen LogP contribution is 2.38. The van der Waals surface area contributed by atoms with Gasteiger partial charge >= 0.3 is 12.1 Å². The molecule has 0 bridgehead atoms. The predicted molar refractivity (Wildman–Crippen MR) is 126 cm³/mol. The number of amides is 1. The zero-order valence-corrected chi connectivity index (χ0v) is 19.9. The van der Waals surface area contributed by atoms with Gasteiger partial charge in [0.2, 0.25) is 0 Å². The Labute approximate surface area is 202 Å². The molecule has 9 nitrogen and oxygen atoms in total. The third-order valence-corrected chi connectivity index (χ3v) is 7.38. The normalized spacial score (nSPS) is 20.4. The van der Waals surface area contributed by atoms with Gasteiger partial charge in [0.05, 0.1) is 48.4 Å². The van der Waals surface area contributed by atoms with E-state index in [-0.39, 0.29) is 17.9 Å². The van der Waals surface area contributed by atoms with Gasteiger partial charge in [-0.2, -0.15) is 5.10 Å². The average molecular weight is 486 g/mol. The molecular formula is C24H28ClN5O4. The molecule has 1 aliphatic carbocycles. The van der Waals surface area contributed by atoms with Gasteiger partial charge in [-0.1, -0.05) is 17.7 Å². The minimum Gasteiger partial charge on any atom is -0.481 e. The number of aliphatic carboxylic acids is 1. The van der Waals surface area contributed by atoms with E-state index >= 15 is 0 Å². The number of nitrogens with zero attached hydrogens (tertiary/aromatic N) is 5. The lowest BCUT2D eigenvalue weighted by Gasteiger charge is -2.27. The topological polar surface area (TPSA) is 102 Å². The van der Waals surface area contributed by atoms with Crippen molar-refractivity contribution in [3.05, 3.63) is 46.5 Å². The quantitative estimate of drug-likeness (QED) is 0.584. The lowest BCUT2D eigenvalue weighted by atomic mass is 9.81. The van der Waals surface area contributed by atoms with E-state index in [1.165, 1.54) is 12.7 Å². The number of rotatable bonds is 5. The summed E-state index contributed by atoms with van der Waals surface area (Å²) in [6.45, 7) is 2.40. The van der Waals surface area contributed by atoms with E-state index in [1.807, 2.05) is 4.68 Å². The predicted octanol–water partition coefficient (Wildman–Crippen LogP) is 4.07. The number of ether oxygens (including phenoxy) is 1. The average Bonchev–Trinajstić information content (AvgIpc) is 3.45. The molecule has 0 radical (unpaired) electrons. The molecule has 0 atom stereocenters. The summed E-state index contributed by atoms with van der Waals surface area (Å²) in [4.78, 5) is 30.5. The van der Waals surface area contributed by atoms with E-state index in [1.54, 1.807) is 17.3 Å². The van der Waals surface area contributed by atoms with Crippen molar-refractivity contribution in [2.45, 2.75) is 57.7 Å². The molecule has 1 fully saturated rings. The fraction of sp³-hybridized carbons (Fsp3) is 0.500. The van der Waals surface area contributed by atoms with Crippen LogP contribution >= 0.6 is 11.6 Å². The summed E-state index contributed by atoms with van der Waals surface area (Å²) in [7, 11) is 1.40. The minimum absolute atomic E-state index is 0.195. The monoisotopic (exact) mass is 485 g/mol. The van der Waals surface area contributed by atoms with Crippen molar-refractivity contribution >= 4 is 34.7 Å². The molecule has 10 heteroatoms. The number of aromatic nitrogens is 4. The first kappa shape index (κ1) is 22.7. The number of carbonyl (C=O) groups is 2. The largest absolute Gasteiger partial charge is 0.481 e. The summed E-state index contributed by atoms with van der Waals surface area (Å²) in [5, 5.41) is 14.3. The molecule has 34 heavy (non-hydrogen) atoms. The smallest absolute Gasteiger partial charge is 0.409 e. The first-order valence-corrected chi connectivity index (χ1v) is 12.1. The number of methoxy groups -OCH3 is 1. The van der Waals surface area contributed by atoms with E-state index < -0.39 is 5.97 Å². The maximum Gasteiger partial charge on any atom is 0.409 e. The lowest BCUT2D eigenvalue weighted by molar-refractivity contribution is -0.142. The number of hydrogen-bond donors (Lipinski definition) is 1. The van der Waals surface area contributed by atoms with E-state index in [2.05, 4.69) is 21.8 Å². The van der Waals surface area contributed by atoms with Crippen LogP contribution in [-0.2, 0) is 35.6 Å². The standard InChI is InChI=1S/C24H28ClN5O4/c1-34-24(33)28-9-8-15-6-7-20-21(19(15)14-28)27-22(16-2-4-17(5-3-16)23(31)32)30(20)11-10-29-13-18(25)12-26-29/h6-7,12-13,16-17H,2-5,8-11,14H2,1H3,(H,31,32)/t16-,17+. The van der Waals surface area contributed by atoms with Gasteiger partial charge in [-0.3, -0.25) is 9.48 Å². The van der Waals surface area contributed by atoms with Gasteiger partial charge in [-0.25, -0.2) is 9.78 Å². The van der Waals surface area contributed by atoms with Crippen molar-refractivity contribution in [2.24, 2.45) is 5.92 Å². The fourth-order valence-electron chi connectivity index (χ4n) is 5.34. The van der Waals surface area contributed by atoms with Gasteiger partial charge in [0.25, 0.3) is 0 Å². The first-order valence-electron chi connectivity index (χ1n) is 11.7. The molecule has 1 amide bonds. The zero-order valence-electron chi connectivity index (χ0n) is 19.1. The van der Waals surface area contributed by atoms with E-state index in [0.29, 0.717) is 44.0 Å². The van der Waals surface area contributed by atoms with Crippen LogP contribution in [0.2, 0.25) is 5.02 Å². The summed E-state index contributed by atoms with van der Waals surface area (Å²) in [5.74, 6) is 0.196. The van der Waals surface area contributed by atoms with Crippen molar-refractivity contribution in [1.29, 1.82) is 0 Å². The minimum atomic E-state index is -0.709.